The molecule has 0 aromatic carbocycles. The highest BCUT2D eigenvalue weighted by molar-refractivity contribution is 5.78. The highest BCUT2D eigenvalue weighted by Crippen LogP contribution is 2.23. The van der Waals surface area contributed by atoms with Gasteiger partial charge in [0.2, 0.25) is 5.91 Å². The first-order valence-electron chi connectivity index (χ1n) is 6.76. The summed E-state index contributed by atoms with van der Waals surface area (Å²) in [7, 11) is 0. The SMILES string of the molecule is CCC(O)(CC)CNC(=O)C1CCCC(N)C1. The van der Waals surface area contributed by atoms with Crippen LogP contribution in [-0.4, -0.2) is 29.2 Å². The minimum atomic E-state index is -0.757. The molecule has 1 amide bonds. The first-order valence-corrected chi connectivity index (χ1v) is 6.76. The zero-order chi connectivity index (χ0) is 12.9. The van der Waals surface area contributed by atoms with Crippen molar-refractivity contribution in [1.82, 2.24) is 5.32 Å². The maximum absolute atomic E-state index is 11.9. The summed E-state index contributed by atoms with van der Waals surface area (Å²) in [5.41, 5.74) is 5.11. The van der Waals surface area contributed by atoms with Gasteiger partial charge in [0.1, 0.15) is 0 Å². The van der Waals surface area contributed by atoms with Crippen molar-refractivity contribution in [1.29, 1.82) is 0 Å². The Balaban J connectivity index is 2.38. The monoisotopic (exact) mass is 242 g/mol. The third-order valence-electron chi connectivity index (χ3n) is 3.99. The normalized spacial score (nSPS) is 25.6. The lowest BCUT2D eigenvalue weighted by atomic mass is 9.85. The van der Waals surface area contributed by atoms with Gasteiger partial charge in [0, 0.05) is 18.5 Å². The molecule has 1 aliphatic rings. The summed E-state index contributed by atoms with van der Waals surface area (Å²) in [4.78, 5) is 11.9. The Bertz CT molecular complexity index is 252. The van der Waals surface area contributed by atoms with Crippen molar-refractivity contribution in [2.45, 2.75) is 64.0 Å². The van der Waals surface area contributed by atoms with Gasteiger partial charge in [-0.15, -0.1) is 0 Å². The van der Waals surface area contributed by atoms with Crippen LogP contribution < -0.4 is 11.1 Å². The second-order valence-electron chi connectivity index (χ2n) is 5.27. The quantitative estimate of drug-likeness (QED) is 0.677. The maximum atomic E-state index is 11.9. The molecule has 100 valence electrons. The van der Waals surface area contributed by atoms with Crippen LogP contribution in [0.25, 0.3) is 0 Å². The van der Waals surface area contributed by atoms with Crippen LogP contribution in [-0.2, 0) is 4.79 Å². The molecule has 17 heavy (non-hydrogen) atoms. The first kappa shape index (κ1) is 14.5. The van der Waals surface area contributed by atoms with E-state index in [9.17, 15) is 9.90 Å². The lowest BCUT2D eigenvalue weighted by molar-refractivity contribution is -0.127. The van der Waals surface area contributed by atoms with E-state index < -0.39 is 5.60 Å². The Morgan fingerprint density at radius 3 is 2.59 bits per heavy atom. The molecule has 1 fully saturated rings. The molecule has 0 radical (unpaired) electrons. The highest BCUT2D eigenvalue weighted by Gasteiger charge is 2.28. The van der Waals surface area contributed by atoms with E-state index in [0.717, 1.165) is 25.7 Å². The molecule has 0 heterocycles. The minimum absolute atomic E-state index is 0.0386. The average Bonchev–Trinajstić information content (AvgIpc) is 2.35. The van der Waals surface area contributed by atoms with Crippen LogP contribution in [0.1, 0.15) is 52.4 Å². The number of nitrogens with one attached hydrogen (secondary N) is 1. The number of carbonyl (C=O) groups excluding carboxylic acids is 1. The van der Waals surface area contributed by atoms with E-state index in [-0.39, 0.29) is 17.9 Å². The molecule has 0 bridgehead atoms. The molecule has 4 nitrogen and oxygen atoms in total. The molecule has 0 aliphatic heterocycles. The van der Waals surface area contributed by atoms with E-state index in [2.05, 4.69) is 5.32 Å². The van der Waals surface area contributed by atoms with Crippen LogP contribution in [0.3, 0.4) is 0 Å². The Morgan fingerprint density at radius 1 is 1.41 bits per heavy atom. The Morgan fingerprint density at radius 2 is 2.06 bits per heavy atom. The third kappa shape index (κ3) is 4.28. The third-order valence-corrected chi connectivity index (χ3v) is 3.99. The van der Waals surface area contributed by atoms with E-state index in [0.29, 0.717) is 19.4 Å². The number of aliphatic hydroxyl groups is 1. The van der Waals surface area contributed by atoms with Crippen molar-refractivity contribution in [2.24, 2.45) is 11.7 Å². The predicted molar refractivity (Wildman–Crippen MR) is 68.5 cm³/mol. The van der Waals surface area contributed by atoms with E-state index in [1.165, 1.54) is 0 Å². The number of hydrogen-bond acceptors (Lipinski definition) is 3. The molecule has 0 saturated heterocycles. The van der Waals surface area contributed by atoms with Gasteiger partial charge in [-0.25, -0.2) is 0 Å². The Hall–Kier alpha value is -0.610. The van der Waals surface area contributed by atoms with Crippen molar-refractivity contribution < 1.29 is 9.90 Å². The number of nitrogens with two attached hydrogens (primary N) is 1. The van der Waals surface area contributed by atoms with Gasteiger partial charge in [-0.1, -0.05) is 20.3 Å². The second kappa shape index (κ2) is 6.36. The van der Waals surface area contributed by atoms with Crippen LogP contribution in [0.15, 0.2) is 0 Å². The van der Waals surface area contributed by atoms with Crippen LogP contribution in [0.5, 0.6) is 0 Å². The van der Waals surface area contributed by atoms with Gasteiger partial charge >= 0.3 is 0 Å². The zero-order valence-electron chi connectivity index (χ0n) is 11.0. The van der Waals surface area contributed by atoms with Crippen LogP contribution >= 0.6 is 0 Å². The maximum Gasteiger partial charge on any atom is 0.223 e. The van der Waals surface area contributed by atoms with E-state index in [1.54, 1.807) is 0 Å². The van der Waals surface area contributed by atoms with Crippen LogP contribution in [0.2, 0.25) is 0 Å². The van der Waals surface area contributed by atoms with Gasteiger partial charge in [0.25, 0.3) is 0 Å². The highest BCUT2D eigenvalue weighted by atomic mass is 16.3. The number of hydrogen-bond donors (Lipinski definition) is 3. The molecule has 1 saturated carbocycles. The summed E-state index contributed by atoms with van der Waals surface area (Å²) in [6.07, 6.45) is 5.09. The molecule has 0 aromatic rings. The molecular formula is C13H26N2O2. The van der Waals surface area contributed by atoms with Gasteiger partial charge in [-0.3, -0.25) is 4.79 Å². The van der Waals surface area contributed by atoms with Crippen molar-refractivity contribution in [2.75, 3.05) is 6.54 Å². The fourth-order valence-corrected chi connectivity index (χ4v) is 2.36. The van der Waals surface area contributed by atoms with Gasteiger partial charge in [-0.2, -0.15) is 0 Å². The summed E-state index contributed by atoms with van der Waals surface area (Å²) < 4.78 is 0. The second-order valence-corrected chi connectivity index (χ2v) is 5.27. The molecule has 2 unspecified atom stereocenters. The van der Waals surface area contributed by atoms with Gasteiger partial charge in [0.05, 0.1) is 5.60 Å². The fourth-order valence-electron chi connectivity index (χ4n) is 2.36. The van der Waals surface area contributed by atoms with Gasteiger partial charge in [-0.05, 0) is 32.1 Å². The van der Waals surface area contributed by atoms with Crippen molar-refractivity contribution in [3.05, 3.63) is 0 Å². The zero-order valence-corrected chi connectivity index (χ0v) is 11.0. The molecule has 0 spiro atoms. The lowest BCUT2D eigenvalue weighted by Crippen LogP contribution is -2.45. The van der Waals surface area contributed by atoms with Gasteiger partial charge in [0.15, 0.2) is 0 Å². The van der Waals surface area contributed by atoms with E-state index in [1.807, 2.05) is 13.8 Å². The van der Waals surface area contributed by atoms with Gasteiger partial charge < -0.3 is 16.2 Å². The lowest BCUT2D eigenvalue weighted by Gasteiger charge is -2.29. The molecule has 2 atom stereocenters. The number of amides is 1. The first-order chi connectivity index (χ1) is 8.00. The molecule has 1 rings (SSSR count). The molecule has 4 heteroatoms. The Kier molecular flexibility index (Phi) is 5.40. The van der Waals surface area contributed by atoms with Crippen molar-refractivity contribution >= 4 is 5.91 Å². The minimum Gasteiger partial charge on any atom is -0.388 e. The van der Waals surface area contributed by atoms with Crippen LogP contribution in [0.4, 0.5) is 0 Å². The standard InChI is InChI=1S/C13H26N2O2/c1-3-13(17,4-2)9-15-12(16)10-6-5-7-11(14)8-10/h10-11,17H,3-9,14H2,1-2H3,(H,15,16). The largest absolute Gasteiger partial charge is 0.388 e. The van der Waals surface area contributed by atoms with Crippen molar-refractivity contribution in [3.63, 3.8) is 0 Å². The van der Waals surface area contributed by atoms with Crippen LogP contribution in [0, 0.1) is 5.92 Å². The van der Waals surface area contributed by atoms with E-state index in [4.69, 9.17) is 5.73 Å². The topological polar surface area (TPSA) is 75.3 Å². The van der Waals surface area contributed by atoms with Crippen molar-refractivity contribution in [3.8, 4) is 0 Å². The summed E-state index contributed by atoms with van der Waals surface area (Å²) in [6.45, 7) is 4.23. The number of rotatable bonds is 5. The fraction of sp³-hybridized carbons (Fsp3) is 0.923. The molecule has 4 N–H and O–H groups in total. The number of carbonyl (C=O) groups is 1. The summed E-state index contributed by atoms with van der Waals surface area (Å²) >= 11 is 0. The smallest absolute Gasteiger partial charge is 0.223 e. The average molecular weight is 242 g/mol. The predicted octanol–water partition coefficient (Wildman–Crippen LogP) is 1.17. The molecule has 0 aromatic heterocycles. The Labute approximate surface area is 104 Å². The summed E-state index contributed by atoms with van der Waals surface area (Å²) in [5.74, 6) is 0.0946. The molecular weight excluding hydrogens is 216 g/mol. The van der Waals surface area contributed by atoms with E-state index >= 15 is 0 Å². The molecule has 1 aliphatic carbocycles. The summed E-state index contributed by atoms with van der Waals surface area (Å²) in [6, 6.07) is 0.163. The summed E-state index contributed by atoms with van der Waals surface area (Å²) in [5, 5.41) is 13.0.